The quantitative estimate of drug-likeness (QED) is 0.0171. The number of anilines is 1. The third kappa shape index (κ3) is 13.7. The number of methoxy groups -OCH3 is 2. The molecule has 0 aromatic heterocycles. The molecule has 5 heterocycles. The summed E-state index contributed by atoms with van der Waals surface area (Å²) in [5, 5.41) is 7.95. The Bertz CT molecular complexity index is 4230. The van der Waals surface area contributed by atoms with Gasteiger partial charge in [0.15, 0.2) is 0 Å². The van der Waals surface area contributed by atoms with Crippen molar-refractivity contribution in [2.24, 2.45) is 4.99 Å². The van der Waals surface area contributed by atoms with Gasteiger partial charge in [0.2, 0.25) is 6.54 Å². The molecule has 536 valence electrons. The summed E-state index contributed by atoms with van der Waals surface area (Å²) in [6, 6.07) is 37.2. The summed E-state index contributed by atoms with van der Waals surface area (Å²) in [5.74, 6) is 1.58. The van der Waals surface area contributed by atoms with Crippen molar-refractivity contribution in [1.29, 1.82) is 0 Å². The zero-order valence-corrected chi connectivity index (χ0v) is 66.4. The number of nitrogens with one attached hydrogen (secondary N) is 2. The van der Waals surface area contributed by atoms with E-state index in [1.54, 1.807) is 26.4 Å². The van der Waals surface area contributed by atoms with Crippen molar-refractivity contribution in [3.63, 3.8) is 0 Å². The van der Waals surface area contributed by atoms with Gasteiger partial charge in [0.25, 0.3) is 8.53 Å². The smallest absolute Gasteiger partial charge is 0.143 e. The molecule has 4 atom stereocenters. The van der Waals surface area contributed by atoms with Crippen LogP contribution in [-0.2, 0) is 57.3 Å². The molecule has 22 heteroatoms. The monoisotopic (exact) mass is 1510 g/mol. The van der Waals surface area contributed by atoms with E-state index in [4.69, 9.17) is 59.2 Å². The molecular formula is C78H100As2N5O14P. The van der Waals surface area contributed by atoms with Crippen molar-refractivity contribution in [3.05, 3.63) is 182 Å². The summed E-state index contributed by atoms with van der Waals surface area (Å²) in [6.07, 6.45) is -0.226. The van der Waals surface area contributed by atoms with Gasteiger partial charge in [-0.3, -0.25) is 0 Å². The Morgan fingerprint density at radius 2 is 1.23 bits per heavy atom. The fraction of sp³-hybridized carbons (Fsp3) is 0.500. The minimum atomic E-state index is -5.23. The van der Waals surface area contributed by atoms with Crippen LogP contribution in [0.5, 0.6) is 23.0 Å². The van der Waals surface area contributed by atoms with Crippen LogP contribution in [0.4, 0.5) is 5.69 Å². The molecule has 0 aliphatic carbocycles. The zero-order chi connectivity index (χ0) is 72.5. The second-order valence-electron chi connectivity index (χ2n) is 30.3. The minimum absolute atomic E-state index is 0.0351. The predicted octanol–water partition coefficient (Wildman–Crippen LogP) is 12.6. The number of fused-ring (bicyclic) bond motifs is 4. The predicted molar refractivity (Wildman–Crippen MR) is 391 cm³/mol. The van der Waals surface area contributed by atoms with Crippen LogP contribution < -0.4 is 44.1 Å². The van der Waals surface area contributed by atoms with E-state index in [0.717, 1.165) is 27.8 Å². The molecule has 5 aliphatic rings. The van der Waals surface area contributed by atoms with E-state index in [2.05, 4.69) is 107 Å². The van der Waals surface area contributed by atoms with Gasteiger partial charge in [-0.25, -0.2) is 11.2 Å². The van der Waals surface area contributed by atoms with Crippen LogP contribution in [0.3, 0.4) is 0 Å². The summed E-state index contributed by atoms with van der Waals surface area (Å²) >= 11 is -10.4. The molecule has 5 aliphatic heterocycles. The van der Waals surface area contributed by atoms with Gasteiger partial charge >= 0.3 is 343 Å². The van der Waals surface area contributed by atoms with Crippen molar-refractivity contribution in [2.75, 3.05) is 59.1 Å². The third-order valence-corrected chi connectivity index (χ3v) is 33.4. The Labute approximate surface area is 597 Å². The van der Waals surface area contributed by atoms with Gasteiger partial charge in [-0.1, -0.05) is 54.6 Å². The van der Waals surface area contributed by atoms with E-state index in [-0.39, 0.29) is 85.4 Å². The van der Waals surface area contributed by atoms with Gasteiger partial charge in [-0.2, -0.15) is 0 Å². The summed E-state index contributed by atoms with van der Waals surface area (Å²) in [4.78, 5) is 23.2. The number of rotatable bonds is 26. The van der Waals surface area contributed by atoms with E-state index in [0.29, 0.717) is 60.8 Å². The van der Waals surface area contributed by atoms with Crippen LogP contribution in [0.25, 0.3) is 10.4 Å². The van der Waals surface area contributed by atoms with Gasteiger partial charge in [0.05, 0.1) is 27.4 Å². The number of hydrogen-bond donors (Lipinski definition) is 2. The van der Waals surface area contributed by atoms with Crippen molar-refractivity contribution in [2.45, 2.75) is 200 Å². The summed E-state index contributed by atoms with van der Waals surface area (Å²) < 4.78 is 108. The van der Waals surface area contributed by atoms with Crippen molar-refractivity contribution < 1.29 is 59.9 Å². The first-order valence-corrected chi connectivity index (χ1v) is 42.3. The Balaban J connectivity index is 0.918. The summed E-state index contributed by atoms with van der Waals surface area (Å²) in [6.45, 7) is 44.8. The van der Waals surface area contributed by atoms with E-state index < -0.39 is 81.8 Å². The average Bonchev–Trinajstić information content (AvgIpc) is 1.44. The molecule has 0 bridgehead atoms. The number of hydrogen-bond acceptors (Lipinski definition) is 17. The van der Waals surface area contributed by atoms with Crippen LogP contribution >= 0.6 is 8.53 Å². The number of carbonyl (C=O) groups excluding carboxylic acids is 1. The van der Waals surface area contributed by atoms with Crippen LogP contribution in [0.15, 0.2) is 120 Å². The minimum Gasteiger partial charge on any atom is -0.497 e. The standard InChI is InChI=1S/C78H100As2N5O14P/c1-48(2)85(49(3)4)100(93-43-41-81-19)95-59(47-92-78(54-26-23-22-24-27-54,55-32-36-57(89-20)37-33-55)56-34-38-58(90-21)39-35-56)46-91-42-25-40-82-71(86)53-30-28-52(29-31-53)64-60-44-62-67(83-50(5)72(62,7)8)65(79(87)96-74(11,12)75(13,14)97-79)69(60)94-70-61(64)45-63-68(84-51(6)73(63,9)10)66(70)80(88)98-76(15,16)77(17,18)99-80/h22-24,26-39,44-45,48-51,59,83H,25,40-43,46-47H2,1-18,20-21H3,(H,82,86). The molecule has 11 rings (SSSR count). The maximum atomic E-state index is 16.2. The second kappa shape index (κ2) is 28.2. The van der Waals surface area contributed by atoms with E-state index in [9.17, 15) is 4.79 Å². The first-order chi connectivity index (χ1) is 47.0. The third-order valence-electron chi connectivity index (χ3n) is 21.3. The number of amides is 1. The summed E-state index contributed by atoms with van der Waals surface area (Å²) in [7, 11) is 1.55. The molecule has 0 radical (unpaired) electrons. The Kier molecular flexibility index (Phi) is 21.2. The molecule has 4 unspecified atom stereocenters. The van der Waals surface area contributed by atoms with Gasteiger partial charge in [0.1, 0.15) is 29.8 Å². The number of ether oxygens (including phenoxy) is 5. The first-order valence-electron chi connectivity index (χ1n) is 34.7. The normalized spacial score (nSPS) is 21.0. The SMILES string of the molecule is [C-]#[N+]CCOP(OC(COCCCNC(=O)c1ccc(C2=c3cc4c(c([As]5(=O)OC(C)(C)C(C)(C)O5)c3Oc3c2cc2c(c3[As]3(=O)OC(C)(C)C(C)(C)O3)NC(C)C2(C)C)=NC(C)C4(C)C)cc1)COC(c1ccccc1)(c1ccc(OC)cc1)c1ccc(OC)cc1)N(C(C)C)C(C)C. The van der Waals surface area contributed by atoms with E-state index in [1.807, 2.05) is 141 Å². The topological polar surface area (TPSA) is 197 Å². The molecule has 0 saturated carbocycles. The molecule has 2 saturated heterocycles. The van der Waals surface area contributed by atoms with E-state index in [1.165, 1.54) is 0 Å². The fourth-order valence-corrected chi connectivity index (χ4v) is 26.7. The number of benzene rings is 6. The maximum Gasteiger partial charge on any atom is 0.143 e. The fourth-order valence-electron chi connectivity index (χ4n) is 13.6. The molecule has 100 heavy (non-hydrogen) atoms. The molecular weight excluding hydrogens is 1410 g/mol. The Morgan fingerprint density at radius 3 is 1.76 bits per heavy atom. The van der Waals surface area contributed by atoms with Crippen molar-refractivity contribution in [1.82, 2.24) is 9.99 Å². The van der Waals surface area contributed by atoms with Crippen LogP contribution in [-0.4, -0.2) is 145 Å². The largest absolute Gasteiger partial charge is 0.497 e. The van der Waals surface area contributed by atoms with Crippen LogP contribution in [0.2, 0.25) is 0 Å². The van der Waals surface area contributed by atoms with Crippen molar-refractivity contribution in [3.8, 4) is 23.0 Å². The molecule has 0 spiro atoms. The van der Waals surface area contributed by atoms with Crippen LogP contribution in [0, 0.1) is 6.57 Å². The molecule has 6 aromatic rings. The molecule has 19 nitrogen and oxygen atoms in total. The zero-order valence-electron chi connectivity index (χ0n) is 61.7. The van der Waals surface area contributed by atoms with Gasteiger partial charge < -0.3 is 32.8 Å². The number of carbonyl (C=O) groups is 1. The van der Waals surface area contributed by atoms with Gasteiger partial charge in [-0.05, 0) is 68.7 Å². The van der Waals surface area contributed by atoms with Crippen LogP contribution in [0.1, 0.15) is 180 Å². The molecule has 2 fully saturated rings. The Hall–Kier alpha value is -6.06. The van der Waals surface area contributed by atoms with E-state index >= 15 is 7.48 Å². The molecule has 6 aromatic carbocycles. The first kappa shape index (κ1) is 75.1. The van der Waals surface area contributed by atoms with Gasteiger partial charge in [0, 0.05) is 18.7 Å². The maximum absolute atomic E-state index is 16.2. The second-order valence-corrected chi connectivity index (χ2v) is 39.3. The van der Waals surface area contributed by atoms with Crippen molar-refractivity contribution >= 4 is 62.7 Å². The summed E-state index contributed by atoms with van der Waals surface area (Å²) in [5.41, 5.74) is 1.34. The van der Waals surface area contributed by atoms with Gasteiger partial charge in [-0.15, -0.1) is 0 Å². The average molecular weight is 1510 g/mol. The Morgan fingerprint density at radius 1 is 0.690 bits per heavy atom. The molecule has 2 N–H and O–H groups in total. The molecule has 1 amide bonds. The number of nitrogens with zero attached hydrogens (tertiary/aromatic N) is 3.